The number of aryl methyl sites for hydroxylation is 1. The predicted octanol–water partition coefficient (Wildman–Crippen LogP) is 6.56. The molecule has 0 radical (unpaired) electrons. The third kappa shape index (κ3) is 8.03. The van der Waals surface area contributed by atoms with Gasteiger partial charge in [-0.2, -0.15) is 0 Å². The summed E-state index contributed by atoms with van der Waals surface area (Å²) in [7, 11) is -4.14. The highest BCUT2D eigenvalue weighted by Crippen LogP contribution is 2.28. The van der Waals surface area contributed by atoms with Crippen LogP contribution >= 0.6 is 23.2 Å². The maximum absolute atomic E-state index is 14.1. The van der Waals surface area contributed by atoms with E-state index in [1.807, 2.05) is 32.9 Å². The van der Waals surface area contributed by atoms with Crippen LogP contribution in [0.2, 0.25) is 10.0 Å². The van der Waals surface area contributed by atoms with Crippen molar-refractivity contribution in [3.8, 4) is 0 Å². The van der Waals surface area contributed by atoms with Crippen LogP contribution in [0.25, 0.3) is 0 Å². The van der Waals surface area contributed by atoms with Gasteiger partial charge in [-0.15, -0.1) is 0 Å². The lowest BCUT2D eigenvalue weighted by atomic mass is 10.0. The third-order valence-electron chi connectivity index (χ3n) is 6.83. The number of carbonyl (C=O) groups excluding carboxylic acids is 2. The number of anilines is 1. The summed E-state index contributed by atoms with van der Waals surface area (Å²) in [6.45, 7) is 9.42. The summed E-state index contributed by atoms with van der Waals surface area (Å²) in [5, 5.41) is 3.57. The van der Waals surface area contributed by atoms with E-state index < -0.39 is 28.5 Å². The molecule has 2 amide bonds. The number of likely N-dealkylation sites (N-methyl/N-ethyl adjacent to an activating group) is 1. The first-order valence-electron chi connectivity index (χ1n) is 13.6. The average Bonchev–Trinajstić information content (AvgIpc) is 2.93. The number of hydrogen-bond acceptors (Lipinski definition) is 4. The second-order valence-corrected chi connectivity index (χ2v) is 12.9. The Morgan fingerprint density at radius 3 is 2.10 bits per heavy atom. The monoisotopic (exact) mass is 617 g/mol. The van der Waals surface area contributed by atoms with Gasteiger partial charge < -0.3 is 10.2 Å². The highest BCUT2D eigenvalue weighted by molar-refractivity contribution is 7.92. The van der Waals surface area contributed by atoms with E-state index in [2.05, 4.69) is 5.32 Å². The number of sulfonamides is 1. The Morgan fingerprint density at radius 1 is 0.927 bits per heavy atom. The van der Waals surface area contributed by atoms with E-state index >= 15 is 0 Å². The molecular formula is C31H37Cl2N3O4S. The molecule has 10 heteroatoms. The Hall–Kier alpha value is -3.07. The second kappa shape index (κ2) is 14.2. The van der Waals surface area contributed by atoms with Crippen LogP contribution in [0, 0.1) is 6.92 Å². The van der Waals surface area contributed by atoms with Crippen LogP contribution in [-0.4, -0.2) is 44.3 Å². The highest BCUT2D eigenvalue weighted by Gasteiger charge is 2.34. The number of rotatable bonds is 12. The standard InChI is InChI=1S/C31H37Cl2N3O4S/c1-6-29(31(38)34-7-2)35(19-24-10-13-25(32)18-28(24)33)30(37)20-36(26-14-11-23(12-15-26)21(3)4)41(39,40)27-16-8-22(5)9-17-27/h8-18,21,29H,6-7,19-20H2,1-5H3,(H,34,38)/t29-/m0/s1. The number of halogens is 2. The van der Waals surface area contributed by atoms with Crippen molar-refractivity contribution in [3.63, 3.8) is 0 Å². The van der Waals surface area contributed by atoms with Crippen molar-refractivity contribution in [2.45, 2.75) is 64.4 Å². The van der Waals surface area contributed by atoms with Crippen LogP contribution in [0.1, 0.15) is 56.7 Å². The van der Waals surface area contributed by atoms with Crippen molar-refractivity contribution >= 4 is 50.7 Å². The highest BCUT2D eigenvalue weighted by atomic mass is 35.5. The fourth-order valence-corrected chi connectivity index (χ4v) is 6.32. The molecule has 3 rings (SSSR count). The van der Waals surface area contributed by atoms with Gasteiger partial charge in [-0.3, -0.25) is 13.9 Å². The molecule has 220 valence electrons. The number of amides is 2. The summed E-state index contributed by atoms with van der Waals surface area (Å²) in [6.07, 6.45) is 0.316. The summed E-state index contributed by atoms with van der Waals surface area (Å²) < 4.78 is 29.1. The van der Waals surface area contributed by atoms with Crippen molar-refractivity contribution in [3.05, 3.63) is 93.5 Å². The quantitative estimate of drug-likeness (QED) is 0.249. The summed E-state index contributed by atoms with van der Waals surface area (Å²) in [4.78, 5) is 28.6. The van der Waals surface area contributed by atoms with Gasteiger partial charge in [0.15, 0.2) is 0 Å². The van der Waals surface area contributed by atoms with Gasteiger partial charge in [0.2, 0.25) is 11.8 Å². The van der Waals surface area contributed by atoms with E-state index in [1.165, 1.54) is 17.0 Å². The molecule has 0 aliphatic rings. The lowest BCUT2D eigenvalue weighted by molar-refractivity contribution is -0.140. The van der Waals surface area contributed by atoms with Crippen LogP contribution < -0.4 is 9.62 Å². The van der Waals surface area contributed by atoms with Crippen LogP contribution in [0.15, 0.2) is 71.6 Å². The van der Waals surface area contributed by atoms with Gasteiger partial charge in [0.1, 0.15) is 12.6 Å². The van der Waals surface area contributed by atoms with Crippen molar-refractivity contribution in [1.29, 1.82) is 0 Å². The molecule has 0 fully saturated rings. The Kier molecular flexibility index (Phi) is 11.2. The van der Waals surface area contributed by atoms with Crippen molar-refractivity contribution in [2.75, 3.05) is 17.4 Å². The van der Waals surface area contributed by atoms with Gasteiger partial charge >= 0.3 is 0 Å². The minimum Gasteiger partial charge on any atom is -0.355 e. The summed E-state index contributed by atoms with van der Waals surface area (Å²) in [6, 6.07) is 17.7. The third-order valence-corrected chi connectivity index (χ3v) is 9.20. The topological polar surface area (TPSA) is 86.8 Å². The van der Waals surface area contributed by atoms with Crippen molar-refractivity contribution in [2.24, 2.45) is 0 Å². The van der Waals surface area contributed by atoms with Gasteiger partial charge in [0.25, 0.3) is 10.0 Å². The Balaban J connectivity index is 2.09. The SMILES string of the molecule is CCNC(=O)[C@H](CC)N(Cc1ccc(Cl)cc1Cl)C(=O)CN(c1ccc(C(C)C)cc1)S(=O)(=O)c1ccc(C)cc1. The molecule has 7 nitrogen and oxygen atoms in total. The molecular weight excluding hydrogens is 581 g/mol. The molecule has 3 aromatic rings. The molecule has 0 spiro atoms. The van der Waals surface area contributed by atoms with Crippen LogP contribution in [0.4, 0.5) is 5.69 Å². The normalized spacial score (nSPS) is 12.2. The lowest BCUT2D eigenvalue weighted by Gasteiger charge is -2.33. The fraction of sp³-hybridized carbons (Fsp3) is 0.355. The van der Waals surface area contributed by atoms with E-state index in [0.717, 1.165) is 15.4 Å². The Labute approximate surface area is 253 Å². The maximum Gasteiger partial charge on any atom is 0.264 e. The molecule has 1 N–H and O–H groups in total. The second-order valence-electron chi connectivity index (χ2n) is 10.1. The van der Waals surface area contributed by atoms with Gasteiger partial charge in [-0.1, -0.05) is 79.9 Å². The number of carbonyl (C=O) groups is 2. The average molecular weight is 619 g/mol. The summed E-state index contributed by atoms with van der Waals surface area (Å²) in [5.74, 6) is -0.629. The zero-order valence-corrected chi connectivity index (χ0v) is 26.4. The Morgan fingerprint density at radius 2 is 1.56 bits per heavy atom. The number of nitrogens with zero attached hydrogens (tertiary/aromatic N) is 2. The summed E-state index contributed by atoms with van der Waals surface area (Å²) >= 11 is 12.5. The van der Waals surface area contributed by atoms with E-state index in [9.17, 15) is 18.0 Å². The van der Waals surface area contributed by atoms with Gasteiger partial charge in [-0.25, -0.2) is 8.42 Å². The number of nitrogens with one attached hydrogen (secondary N) is 1. The van der Waals surface area contributed by atoms with E-state index in [4.69, 9.17) is 23.2 Å². The molecule has 0 unspecified atom stereocenters. The van der Waals surface area contributed by atoms with Gasteiger partial charge in [0, 0.05) is 23.1 Å². The minimum absolute atomic E-state index is 0.00478. The Bertz CT molecular complexity index is 1460. The first kappa shape index (κ1) is 32.4. The summed E-state index contributed by atoms with van der Waals surface area (Å²) in [5.41, 5.74) is 2.88. The molecule has 3 aromatic carbocycles. The van der Waals surface area contributed by atoms with Crippen molar-refractivity contribution < 1.29 is 18.0 Å². The smallest absolute Gasteiger partial charge is 0.264 e. The van der Waals surface area contributed by atoms with Crippen LogP contribution in [0.3, 0.4) is 0 Å². The molecule has 0 aliphatic heterocycles. The number of benzene rings is 3. The maximum atomic E-state index is 14.1. The molecule has 0 heterocycles. The van der Waals surface area contributed by atoms with Crippen LogP contribution in [-0.2, 0) is 26.2 Å². The zero-order valence-electron chi connectivity index (χ0n) is 24.0. The van der Waals surface area contributed by atoms with E-state index in [0.29, 0.717) is 34.3 Å². The van der Waals surface area contributed by atoms with Crippen LogP contribution in [0.5, 0.6) is 0 Å². The lowest BCUT2D eigenvalue weighted by Crippen LogP contribution is -2.52. The molecule has 1 atom stereocenters. The predicted molar refractivity (Wildman–Crippen MR) is 166 cm³/mol. The molecule has 0 aliphatic carbocycles. The first-order chi connectivity index (χ1) is 19.4. The van der Waals surface area contributed by atoms with Crippen molar-refractivity contribution in [1.82, 2.24) is 10.2 Å². The first-order valence-corrected chi connectivity index (χ1v) is 15.8. The fourth-order valence-electron chi connectivity index (χ4n) is 4.44. The molecule has 41 heavy (non-hydrogen) atoms. The zero-order chi connectivity index (χ0) is 30.3. The van der Waals surface area contributed by atoms with Gasteiger partial charge in [0.05, 0.1) is 10.6 Å². The number of hydrogen-bond donors (Lipinski definition) is 1. The largest absolute Gasteiger partial charge is 0.355 e. The molecule has 0 saturated heterocycles. The molecule has 0 saturated carbocycles. The van der Waals surface area contributed by atoms with E-state index in [-0.39, 0.29) is 23.3 Å². The van der Waals surface area contributed by atoms with Gasteiger partial charge in [-0.05, 0) is 73.7 Å². The molecule has 0 aromatic heterocycles. The molecule has 0 bridgehead atoms. The minimum atomic E-state index is -4.14. The van der Waals surface area contributed by atoms with E-state index in [1.54, 1.807) is 56.3 Å².